The van der Waals surface area contributed by atoms with Gasteiger partial charge in [0.1, 0.15) is 5.76 Å². The van der Waals surface area contributed by atoms with Crippen LogP contribution < -0.4 is 0 Å². The molecule has 0 aliphatic heterocycles. The first-order valence-electron chi connectivity index (χ1n) is 7.21. The van der Waals surface area contributed by atoms with Crippen LogP contribution in [0, 0.1) is 3.57 Å². The van der Waals surface area contributed by atoms with E-state index in [1.54, 1.807) is 11.3 Å². The lowest BCUT2D eigenvalue weighted by atomic mass is 10.0. The van der Waals surface area contributed by atoms with Gasteiger partial charge in [-0.05, 0) is 46.9 Å². The number of rotatable bonds is 5. The van der Waals surface area contributed by atoms with E-state index in [1.807, 2.05) is 6.07 Å². The average molecular weight is 408 g/mol. The molecule has 0 saturated carbocycles. The molecule has 1 nitrogen and oxygen atoms in total. The fraction of sp³-hybridized carbons (Fsp3) is 0.222. The van der Waals surface area contributed by atoms with Gasteiger partial charge in [-0.1, -0.05) is 49.7 Å². The molecule has 3 rings (SSSR count). The molecule has 2 heterocycles. The zero-order valence-electron chi connectivity index (χ0n) is 11.9. The van der Waals surface area contributed by atoms with Gasteiger partial charge in [-0.15, -0.1) is 11.3 Å². The predicted molar refractivity (Wildman–Crippen MR) is 98.8 cm³/mol. The second kappa shape index (κ2) is 6.79. The molecule has 0 radical (unpaired) electrons. The Morgan fingerprint density at radius 2 is 1.86 bits per heavy atom. The summed E-state index contributed by atoms with van der Waals surface area (Å²) in [6.45, 7) is 2.23. The Bertz CT molecular complexity index is 698. The van der Waals surface area contributed by atoms with Gasteiger partial charge in [0.2, 0.25) is 0 Å². The fourth-order valence-corrected chi connectivity index (χ4v) is 4.22. The van der Waals surface area contributed by atoms with Crippen LogP contribution in [0.5, 0.6) is 0 Å². The van der Waals surface area contributed by atoms with Crippen LogP contribution in [0.3, 0.4) is 0 Å². The van der Waals surface area contributed by atoms with E-state index in [0.717, 1.165) is 17.9 Å². The maximum absolute atomic E-state index is 6.28. The molecule has 3 heteroatoms. The minimum absolute atomic E-state index is 1.02. The molecule has 0 saturated heterocycles. The molecule has 0 unspecified atom stereocenters. The van der Waals surface area contributed by atoms with Gasteiger partial charge < -0.3 is 4.42 Å². The van der Waals surface area contributed by atoms with Gasteiger partial charge in [-0.25, -0.2) is 0 Å². The molecule has 0 N–H and O–H groups in total. The summed E-state index contributed by atoms with van der Waals surface area (Å²) in [5.41, 5.74) is 2.52. The quantitative estimate of drug-likeness (QED) is 0.433. The first-order valence-corrected chi connectivity index (χ1v) is 9.17. The standard InChI is InChI=1S/C18H17IOS/c1-2-3-10-14-16(19)18(15-11-7-12-21-15)20-17(14)13-8-5-4-6-9-13/h4-9,11-12H,2-3,10H2,1H3. The third kappa shape index (κ3) is 3.09. The maximum atomic E-state index is 6.28. The average Bonchev–Trinajstić information content (AvgIpc) is 3.14. The van der Waals surface area contributed by atoms with Crippen molar-refractivity contribution in [1.82, 2.24) is 0 Å². The van der Waals surface area contributed by atoms with Gasteiger partial charge in [0.25, 0.3) is 0 Å². The SMILES string of the molecule is CCCCc1c(-c2ccccc2)oc(-c2cccs2)c1I. The Balaban J connectivity index is 2.11. The highest BCUT2D eigenvalue weighted by Gasteiger charge is 2.20. The number of furan rings is 1. The van der Waals surface area contributed by atoms with Crippen molar-refractivity contribution in [2.45, 2.75) is 26.2 Å². The van der Waals surface area contributed by atoms with Crippen molar-refractivity contribution in [3.05, 3.63) is 57.0 Å². The summed E-state index contributed by atoms with van der Waals surface area (Å²) in [6.07, 6.45) is 3.47. The lowest BCUT2D eigenvalue weighted by molar-refractivity contribution is 0.593. The third-order valence-electron chi connectivity index (χ3n) is 3.50. The zero-order valence-corrected chi connectivity index (χ0v) is 14.9. The number of benzene rings is 1. The molecular weight excluding hydrogens is 391 g/mol. The van der Waals surface area contributed by atoms with Gasteiger partial charge in [-0.2, -0.15) is 0 Å². The highest BCUT2D eigenvalue weighted by molar-refractivity contribution is 14.1. The number of hydrogen-bond donors (Lipinski definition) is 0. The zero-order chi connectivity index (χ0) is 14.7. The summed E-state index contributed by atoms with van der Waals surface area (Å²) >= 11 is 4.17. The second-order valence-corrected chi connectivity index (χ2v) is 7.03. The van der Waals surface area contributed by atoms with Crippen LogP contribution in [0.4, 0.5) is 0 Å². The van der Waals surface area contributed by atoms with Crippen molar-refractivity contribution in [2.75, 3.05) is 0 Å². The minimum Gasteiger partial charge on any atom is -0.454 e. The summed E-state index contributed by atoms with van der Waals surface area (Å²) in [4.78, 5) is 1.21. The largest absolute Gasteiger partial charge is 0.454 e. The van der Waals surface area contributed by atoms with Gasteiger partial charge in [0, 0.05) is 11.1 Å². The summed E-state index contributed by atoms with van der Waals surface area (Å²) in [5, 5.41) is 2.10. The van der Waals surface area contributed by atoms with Gasteiger partial charge in [0.15, 0.2) is 5.76 Å². The molecule has 0 aliphatic carbocycles. The summed E-state index contributed by atoms with van der Waals surface area (Å²) < 4.78 is 7.54. The van der Waals surface area contributed by atoms with Crippen LogP contribution in [-0.2, 0) is 6.42 Å². The van der Waals surface area contributed by atoms with Crippen LogP contribution in [-0.4, -0.2) is 0 Å². The molecule has 0 atom stereocenters. The highest BCUT2D eigenvalue weighted by atomic mass is 127. The molecule has 0 spiro atoms. The Hall–Kier alpha value is -1.07. The van der Waals surface area contributed by atoms with E-state index >= 15 is 0 Å². The normalized spacial score (nSPS) is 11.0. The molecule has 108 valence electrons. The van der Waals surface area contributed by atoms with Crippen LogP contribution in [0.15, 0.2) is 52.3 Å². The first kappa shape index (κ1) is 14.9. The van der Waals surface area contributed by atoms with Crippen molar-refractivity contribution in [2.24, 2.45) is 0 Å². The number of thiophene rings is 1. The van der Waals surface area contributed by atoms with Gasteiger partial charge >= 0.3 is 0 Å². The van der Waals surface area contributed by atoms with Crippen molar-refractivity contribution in [1.29, 1.82) is 0 Å². The molecule has 3 aromatic rings. The number of unbranched alkanes of at least 4 members (excludes halogenated alkanes) is 1. The Kier molecular flexibility index (Phi) is 4.80. The maximum Gasteiger partial charge on any atom is 0.158 e. The summed E-state index contributed by atoms with van der Waals surface area (Å²) in [5.74, 6) is 2.06. The van der Waals surface area contributed by atoms with Crippen LogP contribution in [0.2, 0.25) is 0 Å². The predicted octanol–water partition coefficient (Wildman–Crippen LogP) is 6.62. The molecule has 0 bridgehead atoms. The summed E-state index contributed by atoms with van der Waals surface area (Å²) in [7, 11) is 0. The van der Waals surface area contributed by atoms with Crippen molar-refractivity contribution >= 4 is 33.9 Å². The minimum atomic E-state index is 1.02. The monoisotopic (exact) mass is 408 g/mol. The molecule has 1 aromatic carbocycles. The molecule has 0 aliphatic rings. The Labute approximate surface area is 143 Å². The van der Waals surface area contributed by atoms with Crippen LogP contribution >= 0.6 is 33.9 Å². The van der Waals surface area contributed by atoms with Crippen LogP contribution in [0.1, 0.15) is 25.3 Å². The van der Waals surface area contributed by atoms with E-state index in [-0.39, 0.29) is 0 Å². The summed E-state index contributed by atoms with van der Waals surface area (Å²) in [6, 6.07) is 14.6. The molecular formula is C18H17IOS. The second-order valence-electron chi connectivity index (χ2n) is 5.00. The van der Waals surface area contributed by atoms with Gasteiger partial charge in [0.05, 0.1) is 8.45 Å². The van der Waals surface area contributed by atoms with E-state index in [9.17, 15) is 0 Å². The fourth-order valence-electron chi connectivity index (χ4n) is 2.41. The first-order chi connectivity index (χ1) is 10.3. The lowest BCUT2D eigenvalue weighted by Gasteiger charge is -2.02. The lowest BCUT2D eigenvalue weighted by Crippen LogP contribution is -1.88. The van der Waals surface area contributed by atoms with E-state index in [0.29, 0.717) is 0 Å². The van der Waals surface area contributed by atoms with E-state index in [4.69, 9.17) is 4.42 Å². The smallest absolute Gasteiger partial charge is 0.158 e. The molecule has 21 heavy (non-hydrogen) atoms. The highest BCUT2D eigenvalue weighted by Crippen LogP contribution is 2.40. The topological polar surface area (TPSA) is 13.1 Å². The number of halogens is 1. The molecule has 2 aromatic heterocycles. The van der Waals surface area contributed by atoms with E-state index in [2.05, 4.69) is 71.3 Å². The van der Waals surface area contributed by atoms with Crippen molar-refractivity contribution in [3.8, 4) is 22.0 Å². The van der Waals surface area contributed by atoms with Crippen molar-refractivity contribution < 1.29 is 4.42 Å². The van der Waals surface area contributed by atoms with Crippen molar-refractivity contribution in [3.63, 3.8) is 0 Å². The third-order valence-corrected chi connectivity index (χ3v) is 5.51. The Morgan fingerprint density at radius 3 is 2.52 bits per heavy atom. The Morgan fingerprint density at radius 1 is 1.05 bits per heavy atom. The van der Waals surface area contributed by atoms with Gasteiger partial charge in [-0.3, -0.25) is 0 Å². The molecule has 0 amide bonds. The van der Waals surface area contributed by atoms with E-state index < -0.39 is 0 Å². The van der Waals surface area contributed by atoms with E-state index in [1.165, 1.54) is 32.4 Å². The number of hydrogen-bond acceptors (Lipinski definition) is 2. The molecule has 0 fully saturated rings. The van der Waals surface area contributed by atoms with Crippen LogP contribution in [0.25, 0.3) is 22.0 Å².